The van der Waals surface area contributed by atoms with Gasteiger partial charge in [0.1, 0.15) is 22.3 Å². The molecule has 4 rings (SSSR count). The third-order valence-corrected chi connectivity index (χ3v) is 7.35. The van der Waals surface area contributed by atoms with Crippen LogP contribution in [0.15, 0.2) is 56.3 Å². The summed E-state index contributed by atoms with van der Waals surface area (Å²) in [5.74, 6) is -2.32. The average Bonchev–Trinajstić information content (AvgIpc) is 3.19. The number of H-pyrrole nitrogens is 1. The zero-order valence-corrected chi connectivity index (χ0v) is 19.8. The van der Waals surface area contributed by atoms with Gasteiger partial charge in [0.15, 0.2) is 0 Å². The van der Waals surface area contributed by atoms with Crippen LogP contribution >= 0.6 is 23.1 Å². The number of hydrogen-bond donors (Lipinski definition) is 2. The minimum atomic E-state index is -1.33. The van der Waals surface area contributed by atoms with E-state index < -0.39 is 33.6 Å². The Morgan fingerprint density at radius 3 is 2.59 bits per heavy atom. The molecule has 7 nitrogen and oxygen atoms in total. The maximum atomic E-state index is 14.8. The summed E-state index contributed by atoms with van der Waals surface area (Å²) in [6.45, 7) is 3.52. The molecule has 34 heavy (non-hydrogen) atoms. The first-order chi connectivity index (χ1) is 16.0. The molecular weight excluding hydrogens is 486 g/mol. The lowest BCUT2D eigenvalue weighted by molar-refractivity contribution is 0.0704. The molecular formula is C23H18F2N2O5S2. The van der Waals surface area contributed by atoms with Crippen LogP contribution in [-0.2, 0) is 4.75 Å². The number of nitrogens with one attached hydrogen (secondary N) is 1. The summed E-state index contributed by atoms with van der Waals surface area (Å²) >= 11 is 1.97. The molecule has 4 aromatic rings. The van der Waals surface area contributed by atoms with E-state index in [1.807, 2.05) is 0 Å². The minimum Gasteiger partial charge on any atom is -0.496 e. The number of nitrogens with zero attached hydrogens (tertiary/aromatic N) is 1. The molecule has 0 fully saturated rings. The van der Waals surface area contributed by atoms with Crippen LogP contribution in [0.5, 0.6) is 5.75 Å². The van der Waals surface area contributed by atoms with Gasteiger partial charge < -0.3 is 14.8 Å². The van der Waals surface area contributed by atoms with E-state index in [1.54, 1.807) is 19.9 Å². The fourth-order valence-electron chi connectivity index (χ4n) is 3.75. The lowest BCUT2D eigenvalue weighted by Crippen LogP contribution is -2.34. The first kappa shape index (κ1) is 23.7. The molecule has 0 saturated carbocycles. The molecule has 2 aromatic carbocycles. The van der Waals surface area contributed by atoms with Gasteiger partial charge in [0.05, 0.1) is 23.7 Å². The lowest BCUT2D eigenvalue weighted by Gasteiger charge is -2.27. The molecule has 0 bridgehead atoms. The summed E-state index contributed by atoms with van der Waals surface area (Å²) < 4.78 is 34.5. The van der Waals surface area contributed by atoms with Crippen molar-refractivity contribution < 1.29 is 23.4 Å². The van der Waals surface area contributed by atoms with Gasteiger partial charge in [0.25, 0.3) is 5.56 Å². The van der Waals surface area contributed by atoms with Crippen LogP contribution in [0, 0.1) is 11.6 Å². The number of ether oxygens (including phenoxy) is 1. The number of aromatic carboxylic acids is 1. The topological polar surface area (TPSA) is 101 Å². The average molecular weight is 505 g/mol. The fourth-order valence-corrected chi connectivity index (χ4v) is 5.77. The van der Waals surface area contributed by atoms with Crippen molar-refractivity contribution in [3.05, 3.63) is 84.7 Å². The number of hydrogen-bond acceptors (Lipinski definition) is 6. The van der Waals surface area contributed by atoms with Gasteiger partial charge in [-0.25, -0.2) is 22.9 Å². The van der Waals surface area contributed by atoms with Gasteiger partial charge >= 0.3 is 11.7 Å². The van der Waals surface area contributed by atoms with Gasteiger partial charge in [-0.1, -0.05) is 6.07 Å². The quantitative estimate of drug-likeness (QED) is 0.368. The standard InChI is InChI=1S/C23H18F2N2O5S2/c1-23(2,18-13(25)5-4-6-16(18)32-3)34-11-7-8-12(24)15(9-11)27-20(28)17-14(26-22(27)31)10-33-19(17)21(29)30/h4-10H,1-3H3,(H,26,31)(H,29,30). The van der Waals surface area contributed by atoms with Gasteiger partial charge in [-0.05, 0) is 44.2 Å². The Kier molecular flexibility index (Phi) is 6.09. The third-order valence-electron chi connectivity index (χ3n) is 5.18. The third kappa shape index (κ3) is 4.01. The molecule has 11 heteroatoms. The largest absolute Gasteiger partial charge is 0.496 e. The number of carboxylic acid groups (broad SMARTS) is 1. The number of aromatic amines is 1. The van der Waals surface area contributed by atoms with Gasteiger partial charge in [0, 0.05) is 20.6 Å². The SMILES string of the molecule is COc1cccc(F)c1C(C)(C)Sc1ccc(F)c(-n2c(=O)[nH]c3csc(C(=O)O)c3c2=O)c1. The highest BCUT2D eigenvalue weighted by Crippen LogP contribution is 2.45. The van der Waals surface area contributed by atoms with Crippen molar-refractivity contribution in [2.75, 3.05) is 7.11 Å². The molecule has 0 atom stereocenters. The van der Waals surface area contributed by atoms with Crippen molar-refractivity contribution in [1.82, 2.24) is 9.55 Å². The fraction of sp³-hybridized carbons (Fsp3) is 0.174. The Labute approximate surface area is 199 Å². The maximum Gasteiger partial charge on any atom is 0.346 e. The number of rotatable bonds is 6. The molecule has 0 aliphatic heterocycles. The van der Waals surface area contributed by atoms with E-state index >= 15 is 0 Å². The second-order valence-corrected chi connectivity index (χ2v) is 10.3. The van der Waals surface area contributed by atoms with Gasteiger partial charge in [-0.15, -0.1) is 23.1 Å². The van der Waals surface area contributed by atoms with E-state index in [2.05, 4.69) is 4.98 Å². The van der Waals surface area contributed by atoms with E-state index in [1.165, 1.54) is 48.5 Å². The molecule has 0 radical (unpaired) electrons. The lowest BCUT2D eigenvalue weighted by atomic mass is 10.0. The Morgan fingerprint density at radius 1 is 1.18 bits per heavy atom. The molecule has 0 amide bonds. The summed E-state index contributed by atoms with van der Waals surface area (Å²) in [4.78, 5) is 39.9. The normalized spacial score (nSPS) is 11.7. The van der Waals surface area contributed by atoms with Crippen molar-refractivity contribution in [2.24, 2.45) is 0 Å². The van der Waals surface area contributed by atoms with Crippen molar-refractivity contribution in [1.29, 1.82) is 0 Å². The van der Waals surface area contributed by atoms with E-state index in [-0.39, 0.29) is 21.5 Å². The van der Waals surface area contributed by atoms with Crippen molar-refractivity contribution in [3.63, 3.8) is 0 Å². The number of carbonyl (C=O) groups is 1. The summed E-state index contributed by atoms with van der Waals surface area (Å²) in [5, 5.41) is 10.5. The zero-order valence-electron chi connectivity index (χ0n) is 18.1. The summed E-state index contributed by atoms with van der Waals surface area (Å²) in [5.41, 5.74) is -1.85. The van der Waals surface area contributed by atoms with Crippen LogP contribution in [0.25, 0.3) is 16.6 Å². The van der Waals surface area contributed by atoms with E-state index in [9.17, 15) is 28.3 Å². The Hall–Kier alpha value is -3.44. The summed E-state index contributed by atoms with van der Waals surface area (Å²) in [6, 6.07) is 8.30. The predicted molar refractivity (Wildman–Crippen MR) is 127 cm³/mol. The van der Waals surface area contributed by atoms with Crippen LogP contribution in [0.4, 0.5) is 8.78 Å². The Bertz CT molecular complexity index is 1560. The van der Waals surface area contributed by atoms with Crippen LogP contribution < -0.4 is 16.0 Å². The number of carboxylic acids is 1. The predicted octanol–water partition coefficient (Wildman–Crippen LogP) is 4.75. The molecule has 2 heterocycles. The highest BCUT2D eigenvalue weighted by molar-refractivity contribution is 8.00. The first-order valence-corrected chi connectivity index (χ1v) is 11.6. The maximum absolute atomic E-state index is 14.8. The summed E-state index contributed by atoms with van der Waals surface area (Å²) in [6.07, 6.45) is 0. The van der Waals surface area contributed by atoms with E-state index in [0.717, 1.165) is 17.4 Å². The number of methoxy groups -OCH3 is 1. The van der Waals surface area contributed by atoms with Crippen LogP contribution in [0.3, 0.4) is 0 Å². The molecule has 0 saturated heterocycles. The molecule has 0 aliphatic carbocycles. The van der Waals surface area contributed by atoms with Gasteiger partial charge in [-0.3, -0.25) is 4.79 Å². The van der Waals surface area contributed by atoms with Crippen molar-refractivity contribution in [3.8, 4) is 11.4 Å². The smallest absolute Gasteiger partial charge is 0.346 e. The molecule has 0 spiro atoms. The number of benzene rings is 2. The Balaban J connectivity index is 1.86. The number of thiophene rings is 1. The minimum absolute atomic E-state index is 0.0624. The van der Waals surface area contributed by atoms with E-state index in [4.69, 9.17) is 4.74 Å². The number of aromatic nitrogens is 2. The van der Waals surface area contributed by atoms with Gasteiger partial charge in [-0.2, -0.15) is 0 Å². The van der Waals surface area contributed by atoms with E-state index in [0.29, 0.717) is 20.8 Å². The number of halogens is 2. The van der Waals surface area contributed by atoms with Gasteiger partial charge in [0.2, 0.25) is 0 Å². The van der Waals surface area contributed by atoms with Crippen LogP contribution in [-0.4, -0.2) is 27.7 Å². The number of fused-ring (bicyclic) bond motifs is 1. The molecule has 176 valence electrons. The van der Waals surface area contributed by atoms with Crippen molar-refractivity contribution in [2.45, 2.75) is 23.5 Å². The number of thioether (sulfide) groups is 1. The second-order valence-electron chi connectivity index (χ2n) is 7.77. The molecule has 2 aromatic heterocycles. The first-order valence-electron chi connectivity index (χ1n) is 9.87. The molecule has 0 aliphatic rings. The molecule has 0 unspecified atom stereocenters. The highest BCUT2D eigenvalue weighted by atomic mass is 32.2. The summed E-state index contributed by atoms with van der Waals surface area (Å²) in [7, 11) is 1.43. The molecule has 2 N–H and O–H groups in total. The second kappa shape index (κ2) is 8.73. The van der Waals surface area contributed by atoms with Crippen molar-refractivity contribution >= 4 is 40.0 Å². The van der Waals surface area contributed by atoms with Crippen LogP contribution in [0.2, 0.25) is 0 Å². The van der Waals surface area contributed by atoms with Crippen LogP contribution in [0.1, 0.15) is 29.1 Å². The zero-order chi connectivity index (χ0) is 24.8. The highest BCUT2D eigenvalue weighted by Gasteiger charge is 2.30. The Morgan fingerprint density at radius 2 is 1.91 bits per heavy atom. The monoisotopic (exact) mass is 504 g/mol.